The molecule has 2 heteroatoms. The Bertz CT molecular complexity index is 753. The maximum Gasteiger partial charge on any atom is 0.0409 e. The summed E-state index contributed by atoms with van der Waals surface area (Å²) in [7, 11) is 2.22. The number of benzene rings is 2. The van der Waals surface area contributed by atoms with Gasteiger partial charge in [-0.2, -0.15) is 0 Å². The summed E-state index contributed by atoms with van der Waals surface area (Å²) in [6.07, 6.45) is 4.51. The quantitative estimate of drug-likeness (QED) is 0.632. The number of likely N-dealkylation sites (tertiary alicyclic amines) is 1. The van der Waals surface area contributed by atoms with Gasteiger partial charge in [-0.15, -0.1) is 0 Å². The van der Waals surface area contributed by atoms with Gasteiger partial charge in [0.15, 0.2) is 0 Å². The Labute approximate surface area is 149 Å². The predicted molar refractivity (Wildman–Crippen MR) is 103 cm³/mol. The largest absolute Gasteiger partial charge is 0.306 e. The van der Waals surface area contributed by atoms with E-state index in [1.165, 1.54) is 46.2 Å². The first-order valence-corrected chi connectivity index (χ1v) is 9.29. The van der Waals surface area contributed by atoms with E-state index in [1.54, 1.807) is 5.57 Å². The molecule has 0 atom stereocenters. The van der Waals surface area contributed by atoms with Crippen LogP contribution in [0.15, 0.2) is 42.0 Å². The van der Waals surface area contributed by atoms with Crippen LogP contribution in [-0.4, -0.2) is 25.0 Å². The van der Waals surface area contributed by atoms with Crippen LogP contribution in [0.3, 0.4) is 0 Å². The van der Waals surface area contributed by atoms with Gasteiger partial charge < -0.3 is 4.90 Å². The molecule has 0 radical (unpaired) electrons. The molecule has 4 rings (SSSR count). The molecular formula is C22H24ClN. The third kappa shape index (κ3) is 2.92. The molecule has 1 saturated heterocycles. The Hall–Kier alpha value is -1.57. The highest BCUT2D eigenvalue weighted by Gasteiger charge is 2.23. The van der Waals surface area contributed by atoms with Gasteiger partial charge in [0.05, 0.1) is 0 Å². The molecule has 1 aliphatic heterocycles. The summed E-state index contributed by atoms with van der Waals surface area (Å²) in [5.41, 5.74) is 10.2. The fraction of sp³-hybridized carbons (Fsp3) is 0.364. The topological polar surface area (TPSA) is 3.24 Å². The Morgan fingerprint density at radius 2 is 1.46 bits per heavy atom. The number of hydrogen-bond acceptors (Lipinski definition) is 1. The molecule has 0 N–H and O–H groups in total. The first kappa shape index (κ1) is 15.9. The maximum absolute atomic E-state index is 6.30. The summed E-state index contributed by atoms with van der Waals surface area (Å²) in [6.45, 7) is 4.50. The van der Waals surface area contributed by atoms with E-state index in [4.69, 9.17) is 11.6 Å². The molecule has 124 valence electrons. The van der Waals surface area contributed by atoms with Crippen molar-refractivity contribution < 1.29 is 0 Å². The summed E-state index contributed by atoms with van der Waals surface area (Å²) in [4.78, 5) is 2.43. The Morgan fingerprint density at radius 3 is 2.17 bits per heavy atom. The smallest absolute Gasteiger partial charge is 0.0409 e. The molecule has 2 aromatic rings. The minimum absolute atomic E-state index is 0.851. The number of halogens is 1. The SMILES string of the molecule is Cc1ccc2c(c1)CCc1cc(Cl)ccc1C2=C1CCN(C)CC1. The van der Waals surface area contributed by atoms with Gasteiger partial charge in [-0.3, -0.25) is 0 Å². The van der Waals surface area contributed by atoms with Crippen LogP contribution in [0.4, 0.5) is 0 Å². The first-order valence-electron chi connectivity index (χ1n) is 8.91. The molecule has 1 heterocycles. The van der Waals surface area contributed by atoms with Gasteiger partial charge >= 0.3 is 0 Å². The Balaban J connectivity index is 1.94. The van der Waals surface area contributed by atoms with Gasteiger partial charge in [-0.25, -0.2) is 0 Å². The molecule has 1 fully saturated rings. The molecule has 0 saturated carbocycles. The number of fused-ring (bicyclic) bond motifs is 2. The van der Waals surface area contributed by atoms with Crippen molar-refractivity contribution in [3.05, 3.63) is 74.8 Å². The molecular weight excluding hydrogens is 314 g/mol. The summed E-state index contributed by atoms with van der Waals surface area (Å²) in [6, 6.07) is 13.4. The standard InChI is InChI=1S/C22H24ClN/c1-15-3-7-20-17(13-15)4-5-18-14-19(23)6-8-21(18)22(20)16-9-11-24(2)12-10-16/h3,6-8,13-14H,4-5,9-12H2,1-2H3. The maximum atomic E-state index is 6.30. The zero-order chi connectivity index (χ0) is 16.7. The first-order chi connectivity index (χ1) is 11.6. The summed E-state index contributed by atoms with van der Waals surface area (Å²) in [5.74, 6) is 0. The molecule has 1 aliphatic carbocycles. The normalized spacial score (nSPS) is 18.1. The zero-order valence-electron chi connectivity index (χ0n) is 14.5. The van der Waals surface area contributed by atoms with Crippen LogP contribution in [0.2, 0.25) is 5.02 Å². The van der Waals surface area contributed by atoms with Gasteiger partial charge in [0, 0.05) is 18.1 Å². The fourth-order valence-electron chi connectivity index (χ4n) is 4.12. The number of hydrogen-bond donors (Lipinski definition) is 0. The second-order valence-electron chi connectivity index (χ2n) is 7.24. The van der Waals surface area contributed by atoms with Crippen LogP contribution >= 0.6 is 11.6 Å². The van der Waals surface area contributed by atoms with Gasteiger partial charge in [0.2, 0.25) is 0 Å². The zero-order valence-corrected chi connectivity index (χ0v) is 15.3. The van der Waals surface area contributed by atoms with Crippen molar-refractivity contribution >= 4 is 17.2 Å². The van der Waals surface area contributed by atoms with Crippen LogP contribution < -0.4 is 0 Å². The molecule has 0 amide bonds. The molecule has 0 aromatic heterocycles. The highest BCUT2D eigenvalue weighted by Crippen LogP contribution is 2.39. The third-order valence-corrected chi connectivity index (χ3v) is 5.71. The number of rotatable bonds is 0. The molecule has 24 heavy (non-hydrogen) atoms. The van der Waals surface area contributed by atoms with Crippen LogP contribution in [-0.2, 0) is 12.8 Å². The van der Waals surface area contributed by atoms with Crippen molar-refractivity contribution in [3.8, 4) is 0 Å². The average Bonchev–Trinajstić information content (AvgIpc) is 2.72. The second-order valence-corrected chi connectivity index (χ2v) is 7.68. The van der Waals surface area contributed by atoms with Gasteiger partial charge in [0.25, 0.3) is 0 Å². The van der Waals surface area contributed by atoms with Crippen molar-refractivity contribution in [2.75, 3.05) is 20.1 Å². The van der Waals surface area contributed by atoms with Crippen molar-refractivity contribution in [3.63, 3.8) is 0 Å². The third-order valence-electron chi connectivity index (χ3n) is 5.47. The van der Waals surface area contributed by atoms with E-state index < -0.39 is 0 Å². The summed E-state index contributed by atoms with van der Waals surface area (Å²) in [5, 5.41) is 0.851. The molecule has 1 nitrogen and oxygen atoms in total. The van der Waals surface area contributed by atoms with Gasteiger partial charge in [-0.05, 0) is 79.6 Å². The van der Waals surface area contributed by atoms with Crippen LogP contribution in [0.5, 0.6) is 0 Å². The van der Waals surface area contributed by atoms with Crippen molar-refractivity contribution in [2.45, 2.75) is 32.6 Å². The highest BCUT2D eigenvalue weighted by atomic mass is 35.5. The van der Waals surface area contributed by atoms with Gasteiger partial charge in [-0.1, -0.05) is 47.0 Å². The Kier molecular flexibility index (Phi) is 4.24. The monoisotopic (exact) mass is 337 g/mol. The molecule has 2 aliphatic rings. The lowest BCUT2D eigenvalue weighted by atomic mass is 9.86. The highest BCUT2D eigenvalue weighted by molar-refractivity contribution is 6.30. The lowest BCUT2D eigenvalue weighted by Gasteiger charge is -2.27. The van der Waals surface area contributed by atoms with Crippen LogP contribution in [0.1, 0.15) is 40.7 Å². The summed E-state index contributed by atoms with van der Waals surface area (Å²) < 4.78 is 0. The van der Waals surface area contributed by atoms with Gasteiger partial charge in [0.1, 0.15) is 0 Å². The number of nitrogens with zero attached hydrogens (tertiary/aromatic N) is 1. The van der Waals surface area contributed by atoms with E-state index in [-0.39, 0.29) is 0 Å². The molecule has 0 bridgehead atoms. The van der Waals surface area contributed by atoms with E-state index in [0.29, 0.717) is 0 Å². The minimum atomic E-state index is 0.851. The van der Waals surface area contributed by atoms with Crippen molar-refractivity contribution in [1.29, 1.82) is 0 Å². The average molecular weight is 338 g/mol. The van der Waals surface area contributed by atoms with Crippen LogP contribution in [0, 0.1) is 6.92 Å². The van der Waals surface area contributed by atoms with E-state index in [2.05, 4.69) is 55.3 Å². The minimum Gasteiger partial charge on any atom is -0.306 e. The molecule has 2 aromatic carbocycles. The molecule has 0 unspecified atom stereocenters. The van der Waals surface area contributed by atoms with Crippen LogP contribution in [0.25, 0.3) is 5.57 Å². The van der Waals surface area contributed by atoms with E-state index in [9.17, 15) is 0 Å². The van der Waals surface area contributed by atoms with E-state index in [0.717, 1.165) is 31.0 Å². The number of piperidine rings is 1. The molecule has 0 spiro atoms. The second kappa shape index (κ2) is 6.38. The van der Waals surface area contributed by atoms with E-state index in [1.807, 2.05) is 0 Å². The lowest BCUT2D eigenvalue weighted by Crippen LogP contribution is -2.27. The lowest BCUT2D eigenvalue weighted by molar-refractivity contribution is 0.313. The summed E-state index contributed by atoms with van der Waals surface area (Å²) >= 11 is 6.30. The fourth-order valence-corrected chi connectivity index (χ4v) is 4.31. The van der Waals surface area contributed by atoms with Crippen molar-refractivity contribution in [1.82, 2.24) is 4.90 Å². The van der Waals surface area contributed by atoms with E-state index >= 15 is 0 Å². The predicted octanol–water partition coefficient (Wildman–Crippen LogP) is 5.27. The van der Waals surface area contributed by atoms with Crippen molar-refractivity contribution in [2.24, 2.45) is 0 Å². The number of aryl methyl sites for hydroxylation is 3. The Morgan fingerprint density at radius 1 is 0.833 bits per heavy atom.